The summed E-state index contributed by atoms with van der Waals surface area (Å²) in [6, 6.07) is 12.6. The van der Waals surface area contributed by atoms with Gasteiger partial charge in [-0.2, -0.15) is 0 Å². The van der Waals surface area contributed by atoms with Crippen molar-refractivity contribution < 1.29 is 13.6 Å². The molecule has 1 amide bonds. The van der Waals surface area contributed by atoms with Gasteiger partial charge in [-0.1, -0.05) is 42.0 Å². The first-order valence-corrected chi connectivity index (χ1v) is 9.34. The van der Waals surface area contributed by atoms with Crippen molar-refractivity contribution in [2.75, 3.05) is 19.6 Å². The molecule has 3 nitrogen and oxygen atoms in total. The largest absolute Gasteiger partial charge is 0.351 e. The number of hydrogen-bond donors (Lipinski definition) is 2. The molecule has 1 aliphatic heterocycles. The lowest BCUT2D eigenvalue weighted by atomic mass is 10.1. The highest BCUT2D eigenvalue weighted by Crippen LogP contribution is 2.37. The van der Waals surface area contributed by atoms with E-state index in [1.807, 2.05) is 30.3 Å². The van der Waals surface area contributed by atoms with Crippen LogP contribution in [0, 0.1) is 11.6 Å². The Kier molecular flexibility index (Phi) is 8.28. The number of amides is 1. The third kappa shape index (κ3) is 6.06. The number of carbonyl (C=O) groups excluding carboxylic acids is 1. The summed E-state index contributed by atoms with van der Waals surface area (Å²) in [6.45, 7) is 2.19. The number of halogens is 3. The maximum Gasteiger partial charge on any atom is 0.238 e. The maximum atomic E-state index is 14.1. The molecule has 0 fully saturated rings. The molecule has 1 aliphatic rings. The van der Waals surface area contributed by atoms with E-state index in [2.05, 4.69) is 16.7 Å². The molecular weight excluding hydrogens is 390 g/mol. The molecule has 144 valence electrons. The van der Waals surface area contributed by atoms with Crippen LogP contribution in [0.2, 0.25) is 0 Å². The molecule has 2 N–H and O–H groups in total. The molecule has 2 aromatic carbocycles. The van der Waals surface area contributed by atoms with Gasteiger partial charge in [0.2, 0.25) is 5.91 Å². The summed E-state index contributed by atoms with van der Waals surface area (Å²) in [5.74, 6) is -1.49. The van der Waals surface area contributed by atoms with Crippen LogP contribution >= 0.6 is 24.2 Å². The molecule has 2 aromatic rings. The predicted molar refractivity (Wildman–Crippen MR) is 107 cm³/mol. The summed E-state index contributed by atoms with van der Waals surface area (Å²) >= 11 is 1.09. The van der Waals surface area contributed by atoms with Gasteiger partial charge in [0.1, 0.15) is 16.9 Å². The average molecular weight is 411 g/mol. The molecule has 27 heavy (non-hydrogen) atoms. The highest BCUT2D eigenvalue weighted by molar-refractivity contribution is 8.00. The number of carbonyl (C=O) groups is 1. The van der Waals surface area contributed by atoms with Crippen molar-refractivity contribution in [3.8, 4) is 0 Å². The Balaban J connectivity index is 0.00000261. The van der Waals surface area contributed by atoms with Crippen LogP contribution in [-0.4, -0.2) is 25.5 Å². The van der Waals surface area contributed by atoms with Crippen LogP contribution in [0.25, 0.3) is 0 Å². The monoisotopic (exact) mass is 410 g/mol. The summed E-state index contributed by atoms with van der Waals surface area (Å²) in [5, 5.41) is 5.57. The highest BCUT2D eigenvalue weighted by Gasteiger charge is 2.23. The SMILES string of the molecule is Cl.O=C(NCC1=CCNCC1)C(Sc1ccc(F)cc1F)c1ccccc1. The second-order valence-electron chi connectivity index (χ2n) is 6.02. The van der Waals surface area contributed by atoms with Gasteiger partial charge in [-0.3, -0.25) is 4.79 Å². The number of rotatable bonds is 6. The van der Waals surface area contributed by atoms with Gasteiger partial charge in [0, 0.05) is 24.1 Å². The summed E-state index contributed by atoms with van der Waals surface area (Å²) in [5.41, 5.74) is 1.96. The van der Waals surface area contributed by atoms with Crippen molar-refractivity contribution in [2.45, 2.75) is 16.6 Å². The minimum absolute atomic E-state index is 0. The highest BCUT2D eigenvalue weighted by atomic mass is 35.5. The normalized spacial score (nSPS) is 14.7. The standard InChI is InChI=1S/C20H20F2N2OS.ClH/c21-16-6-7-18(17(22)12-16)26-19(15-4-2-1-3-5-15)20(25)24-13-14-8-10-23-11-9-14;/h1-8,12,19,23H,9-11,13H2,(H,24,25);1H. The summed E-state index contributed by atoms with van der Waals surface area (Å²) in [6.07, 6.45) is 2.98. The molecule has 0 saturated carbocycles. The van der Waals surface area contributed by atoms with E-state index in [9.17, 15) is 13.6 Å². The zero-order valence-corrected chi connectivity index (χ0v) is 16.2. The lowest BCUT2D eigenvalue weighted by molar-refractivity contribution is -0.120. The smallest absolute Gasteiger partial charge is 0.238 e. The van der Waals surface area contributed by atoms with Gasteiger partial charge >= 0.3 is 0 Å². The average Bonchev–Trinajstić information content (AvgIpc) is 2.67. The van der Waals surface area contributed by atoms with Crippen molar-refractivity contribution in [3.63, 3.8) is 0 Å². The molecule has 1 unspecified atom stereocenters. The summed E-state index contributed by atoms with van der Waals surface area (Å²) < 4.78 is 27.2. The fourth-order valence-electron chi connectivity index (χ4n) is 2.72. The lowest BCUT2D eigenvalue weighted by Crippen LogP contribution is -2.32. The van der Waals surface area contributed by atoms with E-state index in [0.717, 1.165) is 42.9 Å². The van der Waals surface area contributed by atoms with Crippen LogP contribution in [0.4, 0.5) is 8.78 Å². The van der Waals surface area contributed by atoms with E-state index < -0.39 is 16.9 Å². The van der Waals surface area contributed by atoms with Gasteiger partial charge in [-0.15, -0.1) is 24.2 Å². The second-order valence-corrected chi connectivity index (χ2v) is 7.16. The van der Waals surface area contributed by atoms with Crippen molar-refractivity contribution in [1.29, 1.82) is 0 Å². The molecule has 0 aromatic heterocycles. The molecule has 1 atom stereocenters. The van der Waals surface area contributed by atoms with E-state index in [1.165, 1.54) is 17.7 Å². The first-order valence-electron chi connectivity index (χ1n) is 8.46. The summed E-state index contributed by atoms with van der Waals surface area (Å²) in [4.78, 5) is 13.0. The van der Waals surface area contributed by atoms with E-state index in [0.29, 0.717) is 6.54 Å². The molecular formula is C20H21ClF2N2OS. The van der Waals surface area contributed by atoms with Crippen LogP contribution in [0.5, 0.6) is 0 Å². The van der Waals surface area contributed by atoms with Crippen LogP contribution in [0.1, 0.15) is 17.2 Å². The van der Waals surface area contributed by atoms with Gasteiger partial charge in [0.25, 0.3) is 0 Å². The summed E-state index contributed by atoms with van der Waals surface area (Å²) in [7, 11) is 0. The van der Waals surface area contributed by atoms with E-state index in [1.54, 1.807) is 0 Å². The Hall–Kier alpha value is -1.89. The van der Waals surface area contributed by atoms with E-state index >= 15 is 0 Å². The van der Waals surface area contributed by atoms with Crippen LogP contribution < -0.4 is 10.6 Å². The third-order valence-electron chi connectivity index (χ3n) is 4.13. The minimum Gasteiger partial charge on any atom is -0.351 e. The Labute approximate surface area is 168 Å². The Bertz CT molecular complexity index is 802. The van der Waals surface area contributed by atoms with Gasteiger partial charge in [-0.05, 0) is 30.7 Å². The zero-order chi connectivity index (χ0) is 18.4. The van der Waals surface area contributed by atoms with Crippen molar-refractivity contribution in [1.82, 2.24) is 10.6 Å². The Morgan fingerprint density at radius 2 is 1.96 bits per heavy atom. The maximum absolute atomic E-state index is 14.1. The van der Waals surface area contributed by atoms with Crippen LogP contribution in [0.15, 0.2) is 65.1 Å². The number of hydrogen-bond acceptors (Lipinski definition) is 3. The Morgan fingerprint density at radius 3 is 2.63 bits per heavy atom. The molecule has 0 radical (unpaired) electrons. The van der Waals surface area contributed by atoms with E-state index in [-0.39, 0.29) is 23.2 Å². The fraction of sp³-hybridized carbons (Fsp3) is 0.250. The first-order chi connectivity index (χ1) is 12.6. The minimum atomic E-state index is -0.662. The fourth-order valence-corrected chi connectivity index (χ4v) is 3.78. The van der Waals surface area contributed by atoms with Crippen LogP contribution in [-0.2, 0) is 4.79 Å². The van der Waals surface area contributed by atoms with Crippen molar-refractivity contribution in [2.24, 2.45) is 0 Å². The lowest BCUT2D eigenvalue weighted by Gasteiger charge is -2.19. The van der Waals surface area contributed by atoms with Crippen molar-refractivity contribution in [3.05, 3.63) is 77.4 Å². The van der Waals surface area contributed by atoms with Crippen LogP contribution in [0.3, 0.4) is 0 Å². The molecule has 7 heteroatoms. The molecule has 0 spiro atoms. The zero-order valence-electron chi connectivity index (χ0n) is 14.6. The Morgan fingerprint density at radius 1 is 1.19 bits per heavy atom. The molecule has 1 heterocycles. The van der Waals surface area contributed by atoms with Gasteiger partial charge in [-0.25, -0.2) is 8.78 Å². The topological polar surface area (TPSA) is 41.1 Å². The molecule has 0 bridgehead atoms. The van der Waals surface area contributed by atoms with Gasteiger partial charge in [0.15, 0.2) is 0 Å². The predicted octanol–water partition coefficient (Wildman–Crippen LogP) is 4.26. The van der Waals surface area contributed by atoms with E-state index in [4.69, 9.17) is 0 Å². The van der Waals surface area contributed by atoms with Crippen molar-refractivity contribution >= 4 is 30.1 Å². The number of thioether (sulfide) groups is 1. The molecule has 0 saturated heterocycles. The molecule has 3 rings (SSSR count). The quantitative estimate of drug-likeness (QED) is 0.552. The first kappa shape index (κ1) is 21.4. The number of benzene rings is 2. The third-order valence-corrected chi connectivity index (χ3v) is 5.43. The second kappa shape index (κ2) is 10.4. The number of nitrogens with one attached hydrogen (secondary N) is 2. The van der Waals surface area contributed by atoms with Gasteiger partial charge < -0.3 is 10.6 Å². The molecule has 0 aliphatic carbocycles. The van der Waals surface area contributed by atoms with Gasteiger partial charge in [0.05, 0.1) is 0 Å².